The average molecular weight is 198 g/mol. The lowest BCUT2D eigenvalue weighted by molar-refractivity contribution is 0.0690. The van der Waals surface area contributed by atoms with Crippen molar-refractivity contribution in [2.75, 3.05) is 0 Å². The molecule has 1 aromatic heterocycles. The minimum Gasteiger partial charge on any atom is -0.477 e. The van der Waals surface area contributed by atoms with Crippen molar-refractivity contribution in [3.63, 3.8) is 0 Å². The molecule has 0 saturated heterocycles. The van der Waals surface area contributed by atoms with Gasteiger partial charge in [-0.05, 0) is 36.5 Å². The first-order valence-corrected chi connectivity index (χ1v) is 4.48. The molecule has 0 atom stereocenters. The van der Waals surface area contributed by atoms with E-state index in [2.05, 4.69) is 4.98 Å². The molecule has 0 fully saturated rings. The van der Waals surface area contributed by atoms with Crippen molar-refractivity contribution in [1.82, 2.24) is 4.98 Å². The van der Waals surface area contributed by atoms with Gasteiger partial charge in [0.05, 0.1) is 0 Å². The van der Waals surface area contributed by atoms with Crippen LogP contribution in [-0.2, 0) is 12.8 Å². The van der Waals surface area contributed by atoms with Gasteiger partial charge < -0.3 is 5.11 Å². The summed E-state index contributed by atoms with van der Waals surface area (Å²) in [6.07, 6.45) is 2.87. The van der Waals surface area contributed by atoms with Gasteiger partial charge in [0, 0.05) is 0 Å². The molecule has 1 aromatic rings. The van der Waals surface area contributed by atoms with Crippen LogP contribution >= 0.6 is 11.6 Å². The zero-order valence-corrected chi connectivity index (χ0v) is 7.64. The summed E-state index contributed by atoms with van der Waals surface area (Å²) in [5.41, 5.74) is 2.11. The molecule has 1 heterocycles. The number of rotatable bonds is 1. The molecule has 1 aliphatic rings. The fourth-order valence-electron chi connectivity index (χ4n) is 1.64. The van der Waals surface area contributed by atoms with Crippen molar-refractivity contribution in [2.45, 2.75) is 19.3 Å². The van der Waals surface area contributed by atoms with Crippen LogP contribution in [-0.4, -0.2) is 16.1 Å². The quantitative estimate of drug-likeness (QED) is 0.700. The van der Waals surface area contributed by atoms with E-state index in [9.17, 15) is 4.79 Å². The Balaban J connectivity index is 2.55. The van der Waals surface area contributed by atoms with Crippen molar-refractivity contribution in [3.05, 3.63) is 28.0 Å². The monoisotopic (exact) mass is 197 g/mol. The third-order valence-corrected chi connectivity index (χ3v) is 2.57. The summed E-state index contributed by atoms with van der Waals surface area (Å²) in [6.45, 7) is 0. The number of hydrogen-bond acceptors (Lipinski definition) is 2. The van der Waals surface area contributed by atoms with E-state index >= 15 is 0 Å². The first kappa shape index (κ1) is 8.51. The molecule has 0 spiro atoms. The molecule has 68 valence electrons. The zero-order chi connectivity index (χ0) is 9.42. The maximum Gasteiger partial charge on any atom is 0.354 e. The van der Waals surface area contributed by atoms with Gasteiger partial charge in [0.2, 0.25) is 0 Å². The third-order valence-electron chi connectivity index (χ3n) is 2.26. The van der Waals surface area contributed by atoms with Gasteiger partial charge in [0.25, 0.3) is 0 Å². The van der Waals surface area contributed by atoms with E-state index < -0.39 is 5.97 Å². The Kier molecular flexibility index (Phi) is 1.96. The minimum atomic E-state index is -1.02. The lowest BCUT2D eigenvalue weighted by Gasteiger charge is -2.02. The van der Waals surface area contributed by atoms with Crippen LogP contribution in [0.3, 0.4) is 0 Å². The molecule has 0 aliphatic heterocycles. The standard InChI is InChI=1S/C9H8ClNO2/c10-8-6-3-1-2-5(6)4-7(11-8)9(12)13/h4H,1-3H2,(H,12,13). The van der Waals surface area contributed by atoms with Crippen molar-refractivity contribution >= 4 is 17.6 Å². The normalized spacial score (nSPS) is 14.2. The molecule has 0 amide bonds. The molecule has 0 bridgehead atoms. The van der Waals surface area contributed by atoms with Crippen molar-refractivity contribution in [2.24, 2.45) is 0 Å². The van der Waals surface area contributed by atoms with Gasteiger partial charge in [0.15, 0.2) is 0 Å². The predicted molar refractivity (Wildman–Crippen MR) is 48.2 cm³/mol. The van der Waals surface area contributed by atoms with E-state index in [-0.39, 0.29) is 5.69 Å². The van der Waals surface area contributed by atoms with Crippen LogP contribution in [0, 0.1) is 0 Å². The fraction of sp³-hybridized carbons (Fsp3) is 0.333. The second-order valence-electron chi connectivity index (χ2n) is 3.09. The highest BCUT2D eigenvalue weighted by atomic mass is 35.5. The van der Waals surface area contributed by atoms with Gasteiger partial charge in [-0.15, -0.1) is 0 Å². The zero-order valence-electron chi connectivity index (χ0n) is 6.88. The van der Waals surface area contributed by atoms with E-state index in [1.54, 1.807) is 6.07 Å². The maximum atomic E-state index is 10.6. The van der Waals surface area contributed by atoms with Gasteiger partial charge in [-0.2, -0.15) is 0 Å². The number of aromatic nitrogens is 1. The molecule has 3 nitrogen and oxygen atoms in total. The Morgan fingerprint density at radius 2 is 2.31 bits per heavy atom. The lowest BCUT2D eigenvalue weighted by atomic mass is 10.1. The molecule has 0 radical (unpaired) electrons. The minimum absolute atomic E-state index is 0.0469. The van der Waals surface area contributed by atoms with E-state index in [1.165, 1.54) is 0 Å². The summed E-state index contributed by atoms with van der Waals surface area (Å²) in [4.78, 5) is 14.4. The first-order chi connectivity index (χ1) is 6.18. The van der Waals surface area contributed by atoms with Crippen LogP contribution in [0.5, 0.6) is 0 Å². The van der Waals surface area contributed by atoms with Gasteiger partial charge in [-0.1, -0.05) is 11.6 Å². The SMILES string of the molecule is O=C(O)c1cc2c(c(Cl)n1)CCC2. The largest absolute Gasteiger partial charge is 0.477 e. The second-order valence-corrected chi connectivity index (χ2v) is 3.45. The summed E-state index contributed by atoms with van der Waals surface area (Å²) in [6, 6.07) is 1.62. The van der Waals surface area contributed by atoms with Gasteiger partial charge in [0.1, 0.15) is 10.8 Å². The summed E-state index contributed by atoms with van der Waals surface area (Å²) < 4.78 is 0. The van der Waals surface area contributed by atoms with E-state index in [0.29, 0.717) is 5.15 Å². The van der Waals surface area contributed by atoms with Gasteiger partial charge in [-0.25, -0.2) is 9.78 Å². The summed E-state index contributed by atoms with van der Waals surface area (Å²) in [7, 11) is 0. The Bertz CT molecular complexity index is 376. The van der Waals surface area contributed by atoms with Crippen LogP contribution in [0.2, 0.25) is 5.15 Å². The number of nitrogens with zero attached hydrogens (tertiary/aromatic N) is 1. The fourth-order valence-corrected chi connectivity index (χ4v) is 1.95. The summed E-state index contributed by atoms with van der Waals surface area (Å²) in [5.74, 6) is -1.02. The molecule has 1 N–H and O–H groups in total. The highest BCUT2D eigenvalue weighted by molar-refractivity contribution is 6.30. The molecule has 4 heteroatoms. The average Bonchev–Trinajstić information content (AvgIpc) is 2.51. The Morgan fingerprint density at radius 3 is 3.00 bits per heavy atom. The molecule has 0 saturated carbocycles. The smallest absolute Gasteiger partial charge is 0.354 e. The number of hydrogen-bond donors (Lipinski definition) is 1. The Morgan fingerprint density at radius 1 is 1.54 bits per heavy atom. The predicted octanol–water partition coefficient (Wildman–Crippen LogP) is 1.92. The number of aromatic carboxylic acids is 1. The lowest BCUT2D eigenvalue weighted by Crippen LogP contribution is -2.02. The number of carboxylic acid groups (broad SMARTS) is 1. The summed E-state index contributed by atoms with van der Waals surface area (Å²) >= 11 is 5.84. The van der Waals surface area contributed by atoms with Gasteiger partial charge in [-0.3, -0.25) is 0 Å². The number of pyridine rings is 1. The van der Waals surface area contributed by atoms with Crippen molar-refractivity contribution < 1.29 is 9.90 Å². The number of carboxylic acids is 1. The molecular weight excluding hydrogens is 190 g/mol. The van der Waals surface area contributed by atoms with Crippen LogP contribution in [0.15, 0.2) is 6.07 Å². The van der Waals surface area contributed by atoms with E-state index in [1.807, 2.05) is 0 Å². The number of halogens is 1. The van der Waals surface area contributed by atoms with Crippen LogP contribution in [0.4, 0.5) is 0 Å². The topological polar surface area (TPSA) is 50.2 Å². The summed E-state index contributed by atoms with van der Waals surface area (Å²) in [5, 5.41) is 9.07. The molecule has 0 unspecified atom stereocenters. The number of fused-ring (bicyclic) bond motifs is 1. The van der Waals surface area contributed by atoms with Gasteiger partial charge >= 0.3 is 5.97 Å². The molecule has 2 rings (SSSR count). The van der Waals surface area contributed by atoms with Crippen molar-refractivity contribution in [1.29, 1.82) is 0 Å². The molecule has 13 heavy (non-hydrogen) atoms. The van der Waals surface area contributed by atoms with Crippen molar-refractivity contribution in [3.8, 4) is 0 Å². The second kappa shape index (κ2) is 3.00. The highest BCUT2D eigenvalue weighted by Gasteiger charge is 2.18. The van der Waals surface area contributed by atoms with E-state index in [0.717, 1.165) is 30.4 Å². The number of carbonyl (C=O) groups is 1. The third kappa shape index (κ3) is 1.40. The first-order valence-electron chi connectivity index (χ1n) is 4.10. The number of aryl methyl sites for hydroxylation is 1. The van der Waals surface area contributed by atoms with Crippen LogP contribution in [0.1, 0.15) is 28.0 Å². The van der Waals surface area contributed by atoms with E-state index in [4.69, 9.17) is 16.7 Å². The molecule has 1 aliphatic carbocycles. The molecular formula is C9H8ClNO2. The van der Waals surface area contributed by atoms with Crippen LogP contribution < -0.4 is 0 Å². The Hall–Kier alpha value is -1.09. The van der Waals surface area contributed by atoms with Crippen LogP contribution in [0.25, 0.3) is 0 Å². The highest BCUT2D eigenvalue weighted by Crippen LogP contribution is 2.27. The molecule has 0 aromatic carbocycles. The maximum absolute atomic E-state index is 10.6. The Labute approximate surface area is 80.4 Å².